The van der Waals surface area contributed by atoms with Gasteiger partial charge >= 0.3 is 17.6 Å². The number of ether oxygens (including phenoxy) is 1. The molecule has 1 aromatic carbocycles. The zero-order valence-electron chi connectivity index (χ0n) is 16.7. The molecule has 2 aromatic heterocycles. The Hall–Kier alpha value is -3.20. The number of carboxylic acids is 1. The van der Waals surface area contributed by atoms with Crippen molar-refractivity contribution in [3.05, 3.63) is 67.2 Å². The molecule has 0 saturated carbocycles. The SMILES string of the molecule is CCOC(=O)c1sc2c(c1C)c(=O)n(CCC(=O)O)c(=O)n2CCc1ccccc1. The molecule has 0 atom stereocenters. The molecule has 0 saturated heterocycles. The highest BCUT2D eigenvalue weighted by atomic mass is 32.1. The molecular weight excluding hydrogens is 408 g/mol. The Morgan fingerprint density at radius 3 is 2.43 bits per heavy atom. The average Bonchev–Trinajstić information content (AvgIpc) is 3.06. The van der Waals surface area contributed by atoms with Crippen molar-refractivity contribution in [1.29, 1.82) is 0 Å². The molecule has 9 heteroatoms. The second kappa shape index (κ2) is 9.08. The van der Waals surface area contributed by atoms with Crippen LogP contribution in [0.5, 0.6) is 0 Å². The van der Waals surface area contributed by atoms with Crippen LogP contribution in [0.1, 0.15) is 34.1 Å². The monoisotopic (exact) mass is 430 g/mol. The summed E-state index contributed by atoms with van der Waals surface area (Å²) in [6.07, 6.45) is 0.186. The van der Waals surface area contributed by atoms with Gasteiger partial charge in [0.2, 0.25) is 0 Å². The molecule has 158 valence electrons. The van der Waals surface area contributed by atoms with E-state index in [1.165, 1.54) is 4.57 Å². The first-order chi connectivity index (χ1) is 14.3. The summed E-state index contributed by atoms with van der Waals surface area (Å²) >= 11 is 1.05. The summed E-state index contributed by atoms with van der Waals surface area (Å²) in [5.41, 5.74) is 0.286. The van der Waals surface area contributed by atoms with E-state index in [-0.39, 0.29) is 36.4 Å². The summed E-state index contributed by atoms with van der Waals surface area (Å²) in [6, 6.07) is 9.57. The molecule has 0 aliphatic rings. The number of carbonyl (C=O) groups is 2. The minimum absolute atomic E-state index is 0.191. The van der Waals surface area contributed by atoms with Crippen molar-refractivity contribution in [2.45, 2.75) is 39.8 Å². The molecule has 0 radical (unpaired) electrons. The van der Waals surface area contributed by atoms with Gasteiger partial charge in [-0.1, -0.05) is 30.3 Å². The van der Waals surface area contributed by atoms with E-state index in [0.29, 0.717) is 16.8 Å². The molecule has 0 aliphatic carbocycles. The van der Waals surface area contributed by atoms with Crippen LogP contribution in [0.3, 0.4) is 0 Å². The predicted molar refractivity (Wildman–Crippen MR) is 113 cm³/mol. The quantitative estimate of drug-likeness (QED) is 0.550. The normalized spacial score (nSPS) is 11.0. The Labute approximate surface area is 176 Å². The van der Waals surface area contributed by atoms with Crippen LogP contribution in [0.4, 0.5) is 0 Å². The van der Waals surface area contributed by atoms with E-state index in [0.717, 1.165) is 21.5 Å². The maximum atomic E-state index is 13.1. The highest BCUT2D eigenvalue weighted by Crippen LogP contribution is 2.28. The van der Waals surface area contributed by atoms with Crippen LogP contribution in [-0.2, 0) is 29.0 Å². The highest BCUT2D eigenvalue weighted by Gasteiger charge is 2.24. The van der Waals surface area contributed by atoms with Gasteiger partial charge in [-0.2, -0.15) is 0 Å². The lowest BCUT2D eigenvalue weighted by Gasteiger charge is -2.12. The Bertz CT molecular complexity index is 1210. The Balaban J connectivity index is 2.18. The van der Waals surface area contributed by atoms with E-state index in [4.69, 9.17) is 9.84 Å². The summed E-state index contributed by atoms with van der Waals surface area (Å²) in [4.78, 5) is 50.1. The number of aromatic nitrogens is 2. The van der Waals surface area contributed by atoms with Crippen molar-refractivity contribution in [3.8, 4) is 0 Å². The third kappa shape index (κ3) is 4.20. The third-order valence-electron chi connectivity index (χ3n) is 4.77. The van der Waals surface area contributed by atoms with Gasteiger partial charge in [-0.15, -0.1) is 11.3 Å². The maximum absolute atomic E-state index is 13.1. The Morgan fingerprint density at radius 2 is 1.80 bits per heavy atom. The lowest BCUT2D eigenvalue weighted by Crippen LogP contribution is -2.40. The number of aryl methyl sites for hydroxylation is 3. The van der Waals surface area contributed by atoms with Gasteiger partial charge < -0.3 is 9.84 Å². The van der Waals surface area contributed by atoms with Gasteiger partial charge in [-0.3, -0.25) is 18.7 Å². The Kier molecular flexibility index (Phi) is 6.51. The number of thiophene rings is 1. The molecular formula is C21H22N2O6S. The van der Waals surface area contributed by atoms with E-state index in [2.05, 4.69) is 0 Å². The molecule has 0 bridgehead atoms. The van der Waals surface area contributed by atoms with E-state index >= 15 is 0 Å². The van der Waals surface area contributed by atoms with Crippen LogP contribution in [0, 0.1) is 6.92 Å². The number of hydrogen-bond donors (Lipinski definition) is 1. The first kappa shape index (κ1) is 21.5. The van der Waals surface area contributed by atoms with E-state index in [9.17, 15) is 19.2 Å². The second-order valence-electron chi connectivity index (χ2n) is 6.73. The fourth-order valence-electron chi connectivity index (χ4n) is 3.27. The zero-order chi connectivity index (χ0) is 21.8. The van der Waals surface area contributed by atoms with Gasteiger partial charge in [0, 0.05) is 13.1 Å². The van der Waals surface area contributed by atoms with Crippen LogP contribution in [0.2, 0.25) is 0 Å². The van der Waals surface area contributed by atoms with Gasteiger partial charge in [0.25, 0.3) is 5.56 Å². The number of aliphatic carboxylic acids is 1. The fourth-order valence-corrected chi connectivity index (χ4v) is 4.49. The summed E-state index contributed by atoms with van der Waals surface area (Å²) in [6.45, 7) is 3.57. The summed E-state index contributed by atoms with van der Waals surface area (Å²) < 4.78 is 7.48. The number of hydrogen-bond acceptors (Lipinski definition) is 6. The number of benzene rings is 1. The summed E-state index contributed by atoms with van der Waals surface area (Å²) in [7, 11) is 0. The molecule has 8 nitrogen and oxygen atoms in total. The van der Waals surface area contributed by atoms with Crippen molar-refractivity contribution in [2.75, 3.05) is 6.61 Å². The number of carbonyl (C=O) groups excluding carboxylic acids is 1. The van der Waals surface area contributed by atoms with Gasteiger partial charge in [-0.05, 0) is 31.4 Å². The molecule has 1 N–H and O–H groups in total. The molecule has 0 amide bonds. The van der Waals surface area contributed by atoms with Crippen LogP contribution >= 0.6 is 11.3 Å². The van der Waals surface area contributed by atoms with E-state index in [1.54, 1.807) is 13.8 Å². The van der Waals surface area contributed by atoms with Crippen molar-refractivity contribution < 1.29 is 19.4 Å². The molecule has 0 unspecified atom stereocenters. The van der Waals surface area contributed by atoms with Gasteiger partial charge in [-0.25, -0.2) is 9.59 Å². The number of fused-ring (bicyclic) bond motifs is 1. The van der Waals surface area contributed by atoms with Crippen molar-refractivity contribution >= 4 is 33.5 Å². The smallest absolute Gasteiger partial charge is 0.348 e. The number of rotatable bonds is 8. The number of carboxylic acid groups (broad SMARTS) is 1. The van der Waals surface area contributed by atoms with Crippen molar-refractivity contribution in [1.82, 2.24) is 9.13 Å². The van der Waals surface area contributed by atoms with E-state index < -0.39 is 23.2 Å². The largest absolute Gasteiger partial charge is 0.481 e. The van der Waals surface area contributed by atoms with Crippen LogP contribution < -0.4 is 11.2 Å². The highest BCUT2D eigenvalue weighted by molar-refractivity contribution is 7.20. The van der Waals surface area contributed by atoms with Gasteiger partial charge in [0.1, 0.15) is 9.71 Å². The van der Waals surface area contributed by atoms with Gasteiger partial charge in [0.15, 0.2) is 0 Å². The molecule has 0 spiro atoms. The zero-order valence-corrected chi connectivity index (χ0v) is 17.5. The summed E-state index contributed by atoms with van der Waals surface area (Å²) in [5.74, 6) is -1.65. The average molecular weight is 430 g/mol. The van der Waals surface area contributed by atoms with Crippen LogP contribution in [0.25, 0.3) is 10.2 Å². The molecule has 2 heterocycles. The molecule has 0 aliphatic heterocycles. The van der Waals surface area contributed by atoms with Gasteiger partial charge in [0.05, 0.1) is 18.4 Å². The lowest BCUT2D eigenvalue weighted by molar-refractivity contribution is -0.137. The minimum atomic E-state index is -1.11. The molecule has 0 fully saturated rings. The minimum Gasteiger partial charge on any atom is -0.481 e. The molecule has 30 heavy (non-hydrogen) atoms. The first-order valence-electron chi connectivity index (χ1n) is 9.54. The third-order valence-corrected chi connectivity index (χ3v) is 6.07. The van der Waals surface area contributed by atoms with Crippen molar-refractivity contribution in [3.63, 3.8) is 0 Å². The topological polar surface area (TPSA) is 108 Å². The van der Waals surface area contributed by atoms with E-state index in [1.807, 2.05) is 30.3 Å². The maximum Gasteiger partial charge on any atom is 0.348 e. The lowest BCUT2D eigenvalue weighted by atomic mass is 10.1. The second-order valence-corrected chi connectivity index (χ2v) is 7.73. The summed E-state index contributed by atoms with van der Waals surface area (Å²) in [5, 5.41) is 9.25. The van der Waals surface area contributed by atoms with Crippen molar-refractivity contribution in [2.24, 2.45) is 0 Å². The fraction of sp³-hybridized carbons (Fsp3) is 0.333. The first-order valence-corrected chi connectivity index (χ1v) is 10.4. The Morgan fingerprint density at radius 1 is 1.10 bits per heavy atom. The molecule has 3 rings (SSSR count). The standard InChI is InChI=1S/C21H22N2O6S/c1-3-29-20(27)17-13(2)16-18(26)22(12-10-15(24)25)21(28)23(19(16)30-17)11-9-14-7-5-4-6-8-14/h4-8H,3,9-12H2,1-2H3,(H,24,25). The van der Waals surface area contributed by atoms with Crippen LogP contribution in [-0.4, -0.2) is 32.8 Å². The number of esters is 1. The number of nitrogens with zero attached hydrogens (tertiary/aromatic N) is 2. The predicted octanol–water partition coefficient (Wildman–Crippen LogP) is 2.43. The molecule has 3 aromatic rings. The van der Waals surface area contributed by atoms with Crippen LogP contribution in [0.15, 0.2) is 39.9 Å².